The van der Waals surface area contributed by atoms with Gasteiger partial charge in [0.25, 0.3) is 0 Å². The third-order valence-corrected chi connectivity index (χ3v) is 5.76. The van der Waals surface area contributed by atoms with Gasteiger partial charge in [-0.1, -0.05) is 6.92 Å². The van der Waals surface area contributed by atoms with Gasteiger partial charge in [-0.3, -0.25) is 4.90 Å². The van der Waals surface area contributed by atoms with Crippen LogP contribution < -0.4 is 15.2 Å². The third-order valence-electron chi connectivity index (χ3n) is 5.76. The Balaban J connectivity index is 1.27. The second-order valence-electron chi connectivity index (χ2n) is 7.75. The number of alkyl halides is 2. The van der Waals surface area contributed by atoms with Crippen LogP contribution in [0.2, 0.25) is 0 Å². The minimum Gasteiger partial charge on any atom is -0.395 e. The lowest BCUT2D eigenvalue weighted by Gasteiger charge is -2.27. The van der Waals surface area contributed by atoms with E-state index in [0.717, 1.165) is 37.7 Å². The second-order valence-corrected chi connectivity index (χ2v) is 7.75. The lowest BCUT2D eigenvalue weighted by atomic mass is 10.2. The van der Waals surface area contributed by atoms with E-state index in [-0.39, 0.29) is 23.0 Å². The lowest BCUT2D eigenvalue weighted by Crippen LogP contribution is -2.35. The molecule has 2 aliphatic rings. The number of nitrogen functional groups attached to an aromatic ring is 1. The van der Waals surface area contributed by atoms with Crippen LogP contribution in [0.4, 0.5) is 14.7 Å². The van der Waals surface area contributed by atoms with Gasteiger partial charge in [0.15, 0.2) is 23.0 Å². The van der Waals surface area contributed by atoms with Crippen molar-refractivity contribution in [1.82, 2.24) is 39.2 Å². The van der Waals surface area contributed by atoms with Crippen molar-refractivity contribution in [1.29, 1.82) is 0 Å². The number of aryl methyl sites for hydroxylation is 1. The number of nitrogens with two attached hydrogens (primary N) is 1. The molecule has 32 heavy (non-hydrogen) atoms. The van der Waals surface area contributed by atoms with Crippen LogP contribution in [-0.4, -0.2) is 58.6 Å². The summed E-state index contributed by atoms with van der Waals surface area (Å²) in [6.07, 6.45) is -2.30. The normalized spacial score (nSPS) is 17.3. The van der Waals surface area contributed by atoms with Crippen molar-refractivity contribution < 1.29 is 18.3 Å². The van der Waals surface area contributed by atoms with Crippen molar-refractivity contribution in [3.05, 3.63) is 29.6 Å². The van der Waals surface area contributed by atoms with Crippen LogP contribution in [0.1, 0.15) is 24.4 Å². The van der Waals surface area contributed by atoms with Crippen LogP contribution in [0.3, 0.4) is 0 Å². The first-order chi connectivity index (χ1) is 15.4. The molecular formula is C19H19F2N9O2. The number of aromatic nitrogens is 7. The fraction of sp³-hybridized carbons (Fsp3) is 0.421. The minimum absolute atomic E-state index is 0.0247. The van der Waals surface area contributed by atoms with Crippen LogP contribution in [0, 0.1) is 0 Å². The molecule has 11 nitrogen and oxygen atoms in total. The van der Waals surface area contributed by atoms with Crippen LogP contribution in [0.5, 0.6) is 11.5 Å². The van der Waals surface area contributed by atoms with E-state index >= 15 is 0 Å². The molecule has 0 bridgehead atoms. The molecule has 0 atom stereocenters. The van der Waals surface area contributed by atoms with Gasteiger partial charge < -0.3 is 19.8 Å². The molecule has 13 heteroatoms. The molecule has 0 saturated carbocycles. The maximum atomic E-state index is 13.5. The van der Waals surface area contributed by atoms with Crippen LogP contribution in [-0.2, 0) is 25.9 Å². The van der Waals surface area contributed by atoms with Crippen LogP contribution >= 0.6 is 0 Å². The summed E-state index contributed by atoms with van der Waals surface area (Å²) >= 11 is 0. The van der Waals surface area contributed by atoms with Gasteiger partial charge in [-0.25, -0.2) is 9.97 Å². The molecule has 0 unspecified atom stereocenters. The van der Waals surface area contributed by atoms with Crippen molar-refractivity contribution in [2.75, 3.05) is 18.8 Å². The fourth-order valence-electron chi connectivity index (χ4n) is 4.23. The zero-order chi connectivity index (χ0) is 22.0. The average Bonchev–Trinajstić information content (AvgIpc) is 3.45. The van der Waals surface area contributed by atoms with E-state index in [0.29, 0.717) is 29.8 Å². The maximum Gasteiger partial charge on any atom is 0.586 e. The largest absolute Gasteiger partial charge is 0.586 e. The van der Waals surface area contributed by atoms with Crippen LogP contribution in [0.15, 0.2) is 12.1 Å². The van der Waals surface area contributed by atoms with Crippen LogP contribution in [0.25, 0.3) is 16.6 Å². The molecular weight excluding hydrogens is 424 g/mol. The summed E-state index contributed by atoms with van der Waals surface area (Å²) in [4.78, 5) is 11.1. The number of anilines is 1. The fourth-order valence-corrected chi connectivity index (χ4v) is 4.23. The van der Waals surface area contributed by atoms with Crippen molar-refractivity contribution >= 4 is 22.5 Å². The van der Waals surface area contributed by atoms with Gasteiger partial charge in [0.05, 0.1) is 6.54 Å². The summed E-state index contributed by atoms with van der Waals surface area (Å²) in [5, 5.41) is 13.5. The predicted octanol–water partition coefficient (Wildman–Crippen LogP) is 1.39. The molecule has 5 heterocycles. The number of nitrogens with zero attached hydrogens (tertiary/aromatic N) is 8. The Bertz CT molecular complexity index is 1370. The maximum absolute atomic E-state index is 13.5. The minimum atomic E-state index is -3.74. The zero-order valence-corrected chi connectivity index (χ0v) is 17.1. The second kappa shape index (κ2) is 6.69. The predicted molar refractivity (Wildman–Crippen MR) is 107 cm³/mol. The molecule has 166 valence electrons. The Labute approximate surface area is 179 Å². The third kappa shape index (κ3) is 2.92. The molecule has 0 amide bonds. The number of hydrogen-bond acceptors (Lipinski definition) is 9. The molecule has 1 aromatic carbocycles. The monoisotopic (exact) mass is 443 g/mol. The quantitative estimate of drug-likeness (QED) is 0.499. The number of halogens is 2. The first-order valence-corrected chi connectivity index (χ1v) is 10.3. The molecule has 2 aliphatic heterocycles. The van der Waals surface area contributed by atoms with Crippen molar-refractivity contribution in [3.63, 3.8) is 0 Å². The lowest BCUT2D eigenvalue weighted by molar-refractivity contribution is -0.286. The number of fused-ring (bicyclic) bond motifs is 6. The highest BCUT2D eigenvalue weighted by molar-refractivity contribution is 5.97. The SMILES string of the molecule is CCc1nnc2n1CCN(CCc1nc3c4ccc5c(c4nc(N)n3n1)OC(F)(F)O5)C2. The molecule has 0 radical (unpaired) electrons. The molecule has 2 N–H and O–H groups in total. The molecule has 0 saturated heterocycles. The zero-order valence-electron chi connectivity index (χ0n) is 17.1. The Kier molecular flexibility index (Phi) is 4.00. The highest BCUT2D eigenvalue weighted by Gasteiger charge is 2.45. The topological polar surface area (TPSA) is 122 Å². The van der Waals surface area contributed by atoms with E-state index in [2.05, 4.69) is 51.1 Å². The van der Waals surface area contributed by atoms with Gasteiger partial charge in [0, 0.05) is 37.9 Å². The van der Waals surface area contributed by atoms with Gasteiger partial charge in [-0.15, -0.1) is 24.1 Å². The smallest absolute Gasteiger partial charge is 0.395 e. The highest BCUT2D eigenvalue weighted by atomic mass is 19.3. The van der Waals surface area contributed by atoms with Gasteiger partial charge in [0.1, 0.15) is 17.2 Å². The summed E-state index contributed by atoms with van der Waals surface area (Å²) in [7, 11) is 0. The Hall–Kier alpha value is -3.61. The van der Waals surface area contributed by atoms with Crippen molar-refractivity contribution in [2.24, 2.45) is 0 Å². The van der Waals surface area contributed by atoms with Gasteiger partial charge in [0.2, 0.25) is 5.95 Å². The standard InChI is InChI=1S/C19H19F2N9O2/c1-2-13-25-26-14-9-28(7-8-29(13)14)6-5-12-23-17-10-3-4-11-16(32-19(20,21)31-11)15(10)24-18(22)30(17)27-12/h3-4H,2,5-9H2,1H3,(H2,22,24). The van der Waals surface area contributed by atoms with E-state index in [4.69, 9.17) is 5.73 Å². The highest BCUT2D eigenvalue weighted by Crippen LogP contribution is 2.45. The molecule has 4 aromatic rings. The van der Waals surface area contributed by atoms with E-state index in [1.165, 1.54) is 10.6 Å². The van der Waals surface area contributed by atoms with Gasteiger partial charge in [-0.05, 0) is 12.1 Å². The van der Waals surface area contributed by atoms with E-state index in [9.17, 15) is 8.78 Å². The first-order valence-electron chi connectivity index (χ1n) is 10.3. The summed E-state index contributed by atoms with van der Waals surface area (Å²) < 4.78 is 39.8. The number of rotatable bonds is 4. The summed E-state index contributed by atoms with van der Waals surface area (Å²) in [6.45, 7) is 5.25. The Morgan fingerprint density at radius 1 is 1.16 bits per heavy atom. The van der Waals surface area contributed by atoms with E-state index < -0.39 is 6.29 Å². The molecule has 0 spiro atoms. The van der Waals surface area contributed by atoms with E-state index in [1.807, 2.05) is 0 Å². The first kappa shape index (κ1) is 19.1. The Morgan fingerprint density at radius 2 is 2.03 bits per heavy atom. The summed E-state index contributed by atoms with van der Waals surface area (Å²) in [6, 6.07) is 3.00. The number of hydrogen-bond donors (Lipinski definition) is 1. The van der Waals surface area contributed by atoms with Gasteiger partial charge in [-0.2, -0.15) is 4.52 Å². The average molecular weight is 443 g/mol. The Morgan fingerprint density at radius 3 is 2.88 bits per heavy atom. The molecule has 3 aromatic heterocycles. The molecule has 6 rings (SSSR count). The summed E-state index contributed by atoms with van der Waals surface area (Å²) in [5.41, 5.74) is 6.63. The summed E-state index contributed by atoms with van der Waals surface area (Å²) in [5.74, 6) is 2.32. The van der Waals surface area contributed by atoms with E-state index in [1.54, 1.807) is 6.07 Å². The molecule has 0 fully saturated rings. The van der Waals surface area contributed by atoms with Crippen molar-refractivity contribution in [2.45, 2.75) is 39.1 Å². The van der Waals surface area contributed by atoms with Crippen molar-refractivity contribution in [3.8, 4) is 11.5 Å². The van der Waals surface area contributed by atoms with Gasteiger partial charge >= 0.3 is 6.29 Å². The number of ether oxygens (including phenoxy) is 2. The number of benzene rings is 1. The molecule has 0 aliphatic carbocycles.